The Hall–Kier alpha value is -0.980. The highest BCUT2D eigenvalue weighted by atomic mass is 127. The van der Waals surface area contributed by atoms with Crippen molar-refractivity contribution in [1.82, 2.24) is 10.4 Å². The van der Waals surface area contributed by atoms with Crippen molar-refractivity contribution in [2.24, 2.45) is 5.84 Å². The van der Waals surface area contributed by atoms with Crippen LogP contribution in [0.2, 0.25) is 0 Å². The van der Waals surface area contributed by atoms with E-state index in [2.05, 4.69) is 64.2 Å². The van der Waals surface area contributed by atoms with E-state index in [-0.39, 0.29) is 6.04 Å². The van der Waals surface area contributed by atoms with Crippen molar-refractivity contribution in [2.45, 2.75) is 38.1 Å². The summed E-state index contributed by atoms with van der Waals surface area (Å²) in [5, 5.41) is 0. The van der Waals surface area contributed by atoms with Gasteiger partial charge in [0.15, 0.2) is 0 Å². The maximum atomic E-state index is 5.93. The number of aryl methyl sites for hydroxylation is 2. The van der Waals surface area contributed by atoms with Crippen molar-refractivity contribution < 1.29 is 0 Å². The molecule has 21 heavy (non-hydrogen) atoms. The topological polar surface area (TPSA) is 50.9 Å². The average molecular weight is 393 g/mol. The quantitative estimate of drug-likeness (QED) is 0.476. The number of hydrogen-bond donors (Lipinski definition) is 2. The third-order valence-corrected chi connectivity index (χ3v) is 5.85. The molecular weight excluding hydrogens is 373 g/mol. The Balaban J connectivity index is 2.04. The van der Waals surface area contributed by atoms with E-state index in [0.717, 1.165) is 12.8 Å². The highest BCUT2D eigenvalue weighted by molar-refractivity contribution is 14.1. The first kappa shape index (κ1) is 14.9. The zero-order valence-corrected chi connectivity index (χ0v) is 14.3. The number of benzene rings is 1. The summed E-state index contributed by atoms with van der Waals surface area (Å²) in [5.74, 6) is 6.27. The Kier molecular flexibility index (Phi) is 4.57. The van der Waals surface area contributed by atoms with E-state index in [1.54, 1.807) is 0 Å². The third kappa shape index (κ3) is 2.84. The summed E-state index contributed by atoms with van der Waals surface area (Å²) in [6.07, 6.45) is 5.35. The van der Waals surface area contributed by atoms with Crippen molar-refractivity contribution in [3.63, 3.8) is 0 Å². The van der Waals surface area contributed by atoms with Crippen LogP contribution in [0.15, 0.2) is 36.5 Å². The lowest BCUT2D eigenvalue weighted by molar-refractivity contribution is 0.398. The Morgan fingerprint density at radius 3 is 3.00 bits per heavy atom. The zero-order valence-electron chi connectivity index (χ0n) is 12.1. The second-order valence-corrected chi connectivity index (χ2v) is 6.75. The van der Waals surface area contributed by atoms with Crippen LogP contribution in [0.1, 0.15) is 47.2 Å². The molecule has 1 aromatic heterocycles. The van der Waals surface area contributed by atoms with Gasteiger partial charge in [-0.1, -0.05) is 24.3 Å². The average Bonchev–Trinajstić information content (AvgIpc) is 2.52. The maximum absolute atomic E-state index is 5.93. The maximum Gasteiger partial charge on any atom is 0.0554 e. The van der Waals surface area contributed by atoms with Gasteiger partial charge < -0.3 is 0 Å². The molecule has 1 aliphatic carbocycles. The van der Waals surface area contributed by atoms with Gasteiger partial charge in [-0.15, -0.1) is 0 Å². The van der Waals surface area contributed by atoms with E-state index in [9.17, 15) is 0 Å². The molecule has 2 atom stereocenters. The number of hydrogen-bond acceptors (Lipinski definition) is 3. The number of fused-ring (bicyclic) bond motifs is 1. The third-order valence-electron chi connectivity index (χ3n) is 4.38. The second kappa shape index (κ2) is 6.42. The van der Waals surface area contributed by atoms with Crippen LogP contribution in [0.25, 0.3) is 0 Å². The van der Waals surface area contributed by atoms with E-state index in [1.807, 2.05) is 12.3 Å². The fourth-order valence-electron chi connectivity index (χ4n) is 3.30. The van der Waals surface area contributed by atoms with Gasteiger partial charge in [-0.05, 0) is 71.5 Å². The normalized spacial score (nSPS) is 19.1. The molecule has 4 heteroatoms. The highest BCUT2D eigenvalue weighted by Gasteiger charge is 2.30. The first-order chi connectivity index (χ1) is 10.2. The number of nitrogens with zero attached hydrogens (tertiary/aromatic N) is 1. The number of halogens is 1. The molecule has 0 fully saturated rings. The lowest BCUT2D eigenvalue weighted by atomic mass is 9.79. The molecule has 0 radical (unpaired) electrons. The molecule has 3 nitrogen and oxygen atoms in total. The Bertz CT molecular complexity index is 642. The fraction of sp³-hybridized carbons (Fsp3) is 0.353. The SMILES string of the molecule is Cc1cccc(C(NN)C2CCCc3cccnc32)c1I. The summed E-state index contributed by atoms with van der Waals surface area (Å²) < 4.78 is 1.29. The van der Waals surface area contributed by atoms with E-state index in [0.29, 0.717) is 5.92 Å². The summed E-state index contributed by atoms with van der Waals surface area (Å²) in [6, 6.07) is 10.8. The molecule has 2 unspecified atom stereocenters. The number of pyridine rings is 1. The largest absolute Gasteiger partial charge is 0.271 e. The fourth-order valence-corrected chi connectivity index (χ4v) is 4.00. The Labute approximate surface area is 139 Å². The highest BCUT2D eigenvalue weighted by Crippen LogP contribution is 2.40. The van der Waals surface area contributed by atoms with E-state index < -0.39 is 0 Å². The molecule has 0 saturated carbocycles. The zero-order chi connectivity index (χ0) is 14.8. The smallest absolute Gasteiger partial charge is 0.0554 e. The minimum atomic E-state index is 0.116. The first-order valence-corrected chi connectivity index (χ1v) is 8.45. The van der Waals surface area contributed by atoms with Crippen LogP contribution in [0.3, 0.4) is 0 Å². The number of nitrogens with one attached hydrogen (secondary N) is 1. The number of nitrogens with two attached hydrogens (primary N) is 1. The van der Waals surface area contributed by atoms with Gasteiger partial charge in [0.25, 0.3) is 0 Å². The van der Waals surface area contributed by atoms with Gasteiger partial charge >= 0.3 is 0 Å². The lowest BCUT2D eigenvalue weighted by Gasteiger charge is -2.32. The molecule has 0 spiro atoms. The predicted molar refractivity (Wildman–Crippen MR) is 93.9 cm³/mol. The lowest BCUT2D eigenvalue weighted by Crippen LogP contribution is -2.35. The summed E-state index contributed by atoms with van der Waals surface area (Å²) in [7, 11) is 0. The van der Waals surface area contributed by atoms with E-state index >= 15 is 0 Å². The van der Waals surface area contributed by atoms with Crippen molar-refractivity contribution in [2.75, 3.05) is 0 Å². The monoisotopic (exact) mass is 393 g/mol. The van der Waals surface area contributed by atoms with Gasteiger partial charge in [-0.3, -0.25) is 16.3 Å². The molecule has 1 heterocycles. The molecule has 1 aromatic carbocycles. The molecule has 0 aliphatic heterocycles. The van der Waals surface area contributed by atoms with Crippen molar-refractivity contribution in [3.05, 3.63) is 62.5 Å². The van der Waals surface area contributed by atoms with Gasteiger partial charge in [-0.25, -0.2) is 0 Å². The first-order valence-electron chi connectivity index (χ1n) is 7.37. The van der Waals surface area contributed by atoms with Gasteiger partial charge in [0.1, 0.15) is 0 Å². The van der Waals surface area contributed by atoms with Crippen LogP contribution in [-0.2, 0) is 6.42 Å². The number of rotatable bonds is 3. The van der Waals surface area contributed by atoms with Crippen molar-refractivity contribution >= 4 is 22.6 Å². The standard InChI is InChI=1S/C17H20IN3/c1-11-5-2-8-13(15(11)18)17(21-19)14-9-3-6-12-7-4-10-20-16(12)14/h2,4-5,7-8,10,14,17,21H,3,6,9,19H2,1H3. The van der Waals surface area contributed by atoms with Crippen LogP contribution in [-0.4, -0.2) is 4.98 Å². The van der Waals surface area contributed by atoms with E-state index in [1.165, 1.54) is 32.4 Å². The minimum absolute atomic E-state index is 0.116. The van der Waals surface area contributed by atoms with Crippen LogP contribution in [0.4, 0.5) is 0 Å². The summed E-state index contributed by atoms with van der Waals surface area (Å²) in [5.41, 5.74) is 8.21. The van der Waals surface area contributed by atoms with Crippen LogP contribution in [0.5, 0.6) is 0 Å². The minimum Gasteiger partial charge on any atom is -0.271 e. The van der Waals surface area contributed by atoms with Gasteiger partial charge in [0.05, 0.1) is 6.04 Å². The van der Waals surface area contributed by atoms with Crippen molar-refractivity contribution in [3.8, 4) is 0 Å². The van der Waals surface area contributed by atoms with Gasteiger partial charge in [0, 0.05) is 21.4 Å². The van der Waals surface area contributed by atoms with Crippen LogP contribution in [0, 0.1) is 10.5 Å². The molecular formula is C17H20IN3. The number of aromatic nitrogens is 1. The van der Waals surface area contributed by atoms with Gasteiger partial charge in [0.2, 0.25) is 0 Å². The Morgan fingerprint density at radius 1 is 1.33 bits per heavy atom. The molecule has 110 valence electrons. The second-order valence-electron chi connectivity index (χ2n) is 5.67. The molecule has 0 saturated heterocycles. The Morgan fingerprint density at radius 2 is 2.19 bits per heavy atom. The predicted octanol–water partition coefficient (Wildman–Crippen LogP) is 3.62. The molecule has 3 rings (SSSR count). The molecule has 0 amide bonds. The molecule has 1 aliphatic rings. The molecule has 3 N–H and O–H groups in total. The van der Waals surface area contributed by atoms with Crippen molar-refractivity contribution in [1.29, 1.82) is 0 Å². The molecule has 2 aromatic rings. The summed E-state index contributed by atoms with van der Waals surface area (Å²) in [4.78, 5) is 4.65. The molecule has 0 bridgehead atoms. The van der Waals surface area contributed by atoms with Crippen LogP contribution < -0.4 is 11.3 Å². The summed E-state index contributed by atoms with van der Waals surface area (Å²) in [6.45, 7) is 2.14. The summed E-state index contributed by atoms with van der Waals surface area (Å²) >= 11 is 2.42. The van der Waals surface area contributed by atoms with Crippen LogP contribution >= 0.6 is 22.6 Å². The number of hydrazine groups is 1. The van der Waals surface area contributed by atoms with E-state index in [4.69, 9.17) is 5.84 Å². The van der Waals surface area contributed by atoms with Gasteiger partial charge in [-0.2, -0.15) is 0 Å².